The van der Waals surface area contributed by atoms with Gasteiger partial charge in [0.15, 0.2) is 6.29 Å². The molecule has 9 atom stereocenters. The van der Waals surface area contributed by atoms with Crippen LogP contribution in [-0.4, -0.2) is 103 Å². The summed E-state index contributed by atoms with van der Waals surface area (Å²) in [6, 6.07) is 24.9. The number of aliphatic hydroxyl groups excluding tert-OH is 1. The zero-order valence-electron chi connectivity index (χ0n) is 42.2. The number of hydrogen-bond acceptors (Lipinski definition) is 11. The van der Waals surface area contributed by atoms with Gasteiger partial charge in [0.25, 0.3) is 0 Å². The van der Waals surface area contributed by atoms with Gasteiger partial charge in [-0.3, -0.25) is 33.6 Å². The molecule has 0 radical (unpaired) electrons. The first-order valence-corrected chi connectivity index (χ1v) is 24.6. The third kappa shape index (κ3) is 16.4. The van der Waals surface area contributed by atoms with Gasteiger partial charge in [-0.1, -0.05) is 152 Å². The topological polar surface area (TPSA) is 264 Å². The van der Waals surface area contributed by atoms with Crippen LogP contribution in [0.25, 0.3) is 22.3 Å². The van der Waals surface area contributed by atoms with Crippen molar-refractivity contribution in [2.75, 3.05) is 13.7 Å². The smallest absolute Gasteiger partial charge is 0.334 e. The Kier molecular flexibility index (Phi) is 22.8. The maximum Gasteiger partial charge on any atom is 0.334 e. The first-order valence-electron chi connectivity index (χ1n) is 24.6. The summed E-state index contributed by atoms with van der Waals surface area (Å²) in [6.07, 6.45) is 1.46. The first kappa shape index (κ1) is 57.3. The van der Waals surface area contributed by atoms with Gasteiger partial charge in [0, 0.05) is 6.42 Å². The number of nitrogens with two attached hydrogens (primary N) is 1. The number of primary amides is 1. The highest BCUT2D eigenvalue weighted by Crippen LogP contribution is 2.26. The van der Waals surface area contributed by atoms with Gasteiger partial charge < -0.3 is 47.5 Å². The molecule has 0 bridgehead atoms. The maximum absolute atomic E-state index is 14.0. The summed E-state index contributed by atoms with van der Waals surface area (Å²) in [5, 5.41) is 26.6. The highest BCUT2D eigenvalue weighted by Gasteiger charge is 2.37. The molecular weight excluding hydrogens is 919 g/mol. The molecule has 0 unspecified atom stereocenters. The molecule has 0 fully saturated rings. The summed E-state index contributed by atoms with van der Waals surface area (Å²) >= 11 is 0. The second kappa shape index (κ2) is 28.6. The Bertz CT molecular complexity index is 2450. The molecule has 72 heavy (non-hydrogen) atoms. The van der Waals surface area contributed by atoms with Crippen LogP contribution in [0.1, 0.15) is 89.6 Å². The third-order valence-electron chi connectivity index (χ3n) is 13.1. The highest BCUT2D eigenvalue weighted by molar-refractivity contribution is 5.97. The maximum atomic E-state index is 14.0. The molecule has 0 aromatic heterocycles. The van der Waals surface area contributed by atoms with Gasteiger partial charge >= 0.3 is 5.97 Å². The van der Waals surface area contributed by atoms with E-state index in [1.165, 1.54) is 12.1 Å². The Morgan fingerprint density at radius 2 is 0.986 bits per heavy atom. The number of likely N-dealkylation sites (N-methyl/N-ethyl adjacent to an activating group) is 1. The van der Waals surface area contributed by atoms with Crippen molar-refractivity contribution in [2.45, 2.75) is 116 Å². The molecule has 0 saturated heterocycles. The lowest BCUT2D eigenvalue weighted by molar-refractivity contribution is -0.142. The molecule has 0 aliphatic heterocycles. The quantitative estimate of drug-likeness (QED) is 0.0225. The number of aliphatic hydroxyl groups is 1. The van der Waals surface area contributed by atoms with Gasteiger partial charge in [-0.2, -0.15) is 0 Å². The van der Waals surface area contributed by atoms with E-state index >= 15 is 0 Å². The molecule has 17 heteroatoms. The Balaban J connectivity index is 1.44. The lowest BCUT2D eigenvalue weighted by Crippen LogP contribution is -2.61. The average Bonchev–Trinajstić information content (AvgIpc) is 3.40. The van der Waals surface area contributed by atoms with E-state index in [1.807, 2.05) is 56.3 Å². The SMILES string of the molecule is CC[C@H](C)[C@H](NC(=O)[C@@H](Cc1ccc(-c2ccc(-c3ccccc3)cc2)cc1)NC)C(=O)N[C@@H](CO)C(=O)N[C@H](CCC(N)=O)C(=O)N[C@@H](C(=O)N[C@H](C(=O)Oc1ccccc1C=O)[C@@H](C)CC)[C@@H](C)CC. The largest absolute Gasteiger partial charge is 0.424 e. The van der Waals surface area contributed by atoms with E-state index in [4.69, 9.17) is 10.5 Å². The van der Waals surface area contributed by atoms with Crippen molar-refractivity contribution in [3.63, 3.8) is 0 Å². The molecule has 17 nitrogen and oxygen atoms in total. The number of ether oxygens (including phenoxy) is 1. The van der Waals surface area contributed by atoms with Crippen molar-refractivity contribution in [1.82, 2.24) is 31.9 Å². The molecule has 386 valence electrons. The zero-order chi connectivity index (χ0) is 52.9. The van der Waals surface area contributed by atoms with Gasteiger partial charge in [-0.15, -0.1) is 0 Å². The van der Waals surface area contributed by atoms with E-state index in [-0.39, 0.29) is 24.2 Å². The minimum Gasteiger partial charge on any atom is -0.424 e. The number of para-hydroxylation sites is 1. The van der Waals surface area contributed by atoms with Gasteiger partial charge in [0.1, 0.15) is 36.0 Å². The second-order valence-electron chi connectivity index (χ2n) is 18.2. The summed E-state index contributed by atoms with van der Waals surface area (Å²) < 4.78 is 5.55. The van der Waals surface area contributed by atoms with E-state index in [1.54, 1.807) is 46.9 Å². The Labute approximate surface area is 422 Å². The van der Waals surface area contributed by atoms with Crippen LogP contribution in [0.2, 0.25) is 0 Å². The summed E-state index contributed by atoms with van der Waals surface area (Å²) in [5.41, 5.74) is 10.7. The number of hydrogen-bond donors (Lipinski definition) is 8. The lowest BCUT2D eigenvalue weighted by Gasteiger charge is -2.30. The second-order valence-corrected chi connectivity index (χ2v) is 18.2. The fourth-order valence-electron chi connectivity index (χ4n) is 7.83. The van der Waals surface area contributed by atoms with E-state index < -0.39 is 102 Å². The van der Waals surface area contributed by atoms with Crippen molar-refractivity contribution >= 4 is 47.7 Å². The minimum absolute atomic E-state index is 0.00956. The monoisotopic (exact) mass is 990 g/mol. The Hall–Kier alpha value is -7.24. The molecule has 9 N–H and O–H groups in total. The minimum atomic E-state index is -1.61. The normalized spacial score (nSPS) is 14.8. The van der Waals surface area contributed by atoms with Crippen molar-refractivity contribution in [3.05, 3.63) is 114 Å². The van der Waals surface area contributed by atoms with Crippen molar-refractivity contribution in [1.29, 1.82) is 0 Å². The van der Waals surface area contributed by atoms with Gasteiger partial charge in [-0.25, -0.2) is 4.79 Å². The van der Waals surface area contributed by atoms with E-state index in [2.05, 4.69) is 68.3 Å². The van der Waals surface area contributed by atoms with Crippen LogP contribution in [0.3, 0.4) is 0 Å². The highest BCUT2D eigenvalue weighted by atomic mass is 16.5. The Morgan fingerprint density at radius 1 is 0.556 bits per heavy atom. The predicted octanol–water partition coefficient (Wildman–Crippen LogP) is 4.39. The lowest BCUT2D eigenvalue weighted by atomic mass is 9.95. The number of benzene rings is 4. The van der Waals surface area contributed by atoms with Crippen LogP contribution < -0.4 is 42.4 Å². The van der Waals surface area contributed by atoms with Crippen LogP contribution in [0.4, 0.5) is 0 Å². The summed E-state index contributed by atoms with van der Waals surface area (Å²) in [5.74, 6) is -6.83. The average molecular weight is 990 g/mol. The molecule has 4 rings (SSSR count). The van der Waals surface area contributed by atoms with Crippen LogP contribution in [0.5, 0.6) is 5.75 Å². The summed E-state index contributed by atoms with van der Waals surface area (Å²) in [7, 11) is 1.64. The van der Waals surface area contributed by atoms with Gasteiger partial charge in [-0.05, 0) is 77.6 Å². The van der Waals surface area contributed by atoms with Crippen LogP contribution in [-0.2, 0) is 40.0 Å². The zero-order valence-corrected chi connectivity index (χ0v) is 42.2. The molecule has 4 aromatic rings. The Morgan fingerprint density at radius 3 is 1.49 bits per heavy atom. The molecule has 4 aromatic carbocycles. The van der Waals surface area contributed by atoms with E-state index in [0.29, 0.717) is 32.0 Å². The van der Waals surface area contributed by atoms with Crippen molar-refractivity contribution < 1.29 is 48.2 Å². The van der Waals surface area contributed by atoms with E-state index in [9.17, 15) is 43.5 Å². The summed E-state index contributed by atoms with van der Waals surface area (Å²) in [6.45, 7) is 9.71. The molecular formula is C55H71N7O10. The number of carbonyl (C=O) groups is 8. The number of esters is 1. The molecule has 0 heterocycles. The van der Waals surface area contributed by atoms with Crippen molar-refractivity contribution in [3.8, 4) is 28.0 Å². The van der Waals surface area contributed by atoms with Crippen LogP contribution in [0, 0.1) is 17.8 Å². The molecule has 0 aliphatic rings. The van der Waals surface area contributed by atoms with Gasteiger partial charge in [0.05, 0.1) is 18.2 Å². The summed E-state index contributed by atoms with van der Waals surface area (Å²) in [4.78, 5) is 107. The van der Waals surface area contributed by atoms with Crippen molar-refractivity contribution in [2.24, 2.45) is 23.5 Å². The standard InChI is InChI=1S/C55H71N7O10/c1-8-33(4)47(61-51(67)43(57-7)30-36-20-22-38(23-21-36)40-26-24-39(25-27-40)37-16-12-11-13-17-37)53(69)59-44(32-64)52(68)58-42(28-29-46(56)65)50(66)60-48(34(5)9-2)54(70)62-49(35(6)10-3)55(71)72-45-19-15-14-18-41(45)31-63/h11-27,31,33-35,42-44,47-49,57,64H,8-10,28-30,32H2,1-7H3,(H2,56,65)(H,58,68)(H,59,69)(H,60,66)(H,61,67)(H,62,70)/t33-,34-,35-,42+,43+,44-,47-,48+,49-/m0/s1. The molecule has 6 amide bonds. The van der Waals surface area contributed by atoms with Crippen LogP contribution in [0.15, 0.2) is 103 Å². The third-order valence-corrected chi connectivity index (χ3v) is 13.1. The number of amides is 6. The molecule has 0 aliphatic carbocycles. The number of nitrogens with one attached hydrogen (secondary N) is 6. The molecule has 0 saturated carbocycles. The van der Waals surface area contributed by atoms with Gasteiger partial charge in [0.2, 0.25) is 35.4 Å². The number of aldehydes is 1. The fraction of sp³-hybridized carbons (Fsp3) is 0.418. The van der Waals surface area contributed by atoms with Crippen LogP contribution >= 0.6 is 0 Å². The first-order chi connectivity index (χ1) is 34.5. The predicted molar refractivity (Wildman–Crippen MR) is 275 cm³/mol. The number of rotatable bonds is 28. The molecule has 0 spiro atoms. The fourth-order valence-corrected chi connectivity index (χ4v) is 7.83. The number of carbonyl (C=O) groups excluding carboxylic acids is 8. The van der Waals surface area contributed by atoms with E-state index in [0.717, 1.165) is 27.8 Å².